The quantitative estimate of drug-likeness (QED) is 0.469. The van der Waals surface area contributed by atoms with Gasteiger partial charge in [-0.15, -0.1) is 0 Å². The zero-order valence-electron chi connectivity index (χ0n) is 19.2. The van der Waals surface area contributed by atoms with E-state index in [1.54, 1.807) is 19.1 Å². The fourth-order valence-electron chi connectivity index (χ4n) is 4.50. The molecule has 1 aliphatic heterocycles. The molecule has 2 aromatic rings. The summed E-state index contributed by atoms with van der Waals surface area (Å²) in [4.78, 5) is 25.6. The molecule has 1 N–H and O–H groups in total. The summed E-state index contributed by atoms with van der Waals surface area (Å²) in [5, 5.41) is 13.8. The average Bonchev–Trinajstić information content (AvgIpc) is 3.31. The molecular weight excluding hydrogens is 460 g/mol. The van der Waals surface area contributed by atoms with Crippen LogP contribution in [0.25, 0.3) is 0 Å². The molecule has 0 spiro atoms. The number of nitrogens with one attached hydrogen (secondary N) is 1. The first-order valence-corrected chi connectivity index (χ1v) is 12.6. The Kier molecular flexibility index (Phi) is 6.87. The normalized spacial score (nSPS) is 17.7. The number of nitro groups is 1. The maximum atomic E-state index is 13.2. The van der Waals surface area contributed by atoms with E-state index in [0.717, 1.165) is 24.8 Å². The van der Waals surface area contributed by atoms with Crippen LogP contribution in [-0.2, 0) is 27.7 Å². The molecule has 1 saturated heterocycles. The van der Waals surface area contributed by atoms with Crippen LogP contribution in [0.2, 0.25) is 0 Å². The molecule has 0 saturated carbocycles. The van der Waals surface area contributed by atoms with Crippen molar-refractivity contribution in [3.63, 3.8) is 0 Å². The summed E-state index contributed by atoms with van der Waals surface area (Å²) in [5.74, 6) is -0.0369. The predicted molar refractivity (Wildman–Crippen MR) is 127 cm³/mol. The largest absolute Gasteiger partial charge is 0.495 e. The van der Waals surface area contributed by atoms with Gasteiger partial charge in [0.05, 0.1) is 28.7 Å². The number of methoxy groups -OCH3 is 1. The van der Waals surface area contributed by atoms with Gasteiger partial charge in [-0.25, -0.2) is 8.42 Å². The van der Waals surface area contributed by atoms with E-state index in [2.05, 4.69) is 5.32 Å². The first-order chi connectivity index (χ1) is 16.2. The van der Waals surface area contributed by atoms with Gasteiger partial charge < -0.3 is 10.1 Å². The lowest BCUT2D eigenvalue weighted by Crippen LogP contribution is -2.53. The summed E-state index contributed by atoms with van der Waals surface area (Å²) in [7, 11) is -2.18. The second kappa shape index (κ2) is 9.69. The number of carbonyl (C=O) groups excluding carboxylic acids is 1. The highest BCUT2D eigenvalue weighted by Crippen LogP contribution is 2.30. The average molecular weight is 489 g/mol. The fourth-order valence-corrected chi connectivity index (χ4v) is 5.97. The van der Waals surface area contributed by atoms with Crippen LogP contribution < -0.4 is 10.1 Å². The van der Waals surface area contributed by atoms with Crippen molar-refractivity contribution in [1.82, 2.24) is 9.21 Å². The summed E-state index contributed by atoms with van der Waals surface area (Å²) in [6.07, 6.45) is 2.96. The number of amides is 1. The monoisotopic (exact) mass is 488 g/mol. The number of anilines is 1. The van der Waals surface area contributed by atoms with Crippen LogP contribution in [0.1, 0.15) is 24.5 Å². The number of non-ortho nitro benzene ring substituents is 1. The molecule has 0 radical (unpaired) electrons. The zero-order valence-corrected chi connectivity index (χ0v) is 20.0. The molecule has 1 aliphatic carbocycles. The SMILES string of the molecule is COc1ccc([N+](=O)[O-])cc1NC(=O)[C@H](C)N1CCN(S(=O)(=O)c2ccc3c(c2)CCC3)CC1. The highest BCUT2D eigenvalue weighted by molar-refractivity contribution is 7.89. The lowest BCUT2D eigenvalue weighted by atomic mass is 10.1. The Morgan fingerprint density at radius 3 is 2.47 bits per heavy atom. The van der Waals surface area contributed by atoms with Gasteiger partial charge in [-0.2, -0.15) is 4.31 Å². The fraction of sp³-hybridized carbons (Fsp3) is 0.435. The van der Waals surface area contributed by atoms with E-state index in [0.29, 0.717) is 23.7 Å². The molecule has 0 unspecified atom stereocenters. The number of fused-ring (bicyclic) bond motifs is 1. The van der Waals surface area contributed by atoms with Crippen molar-refractivity contribution < 1.29 is 22.9 Å². The third kappa shape index (κ3) is 4.77. The van der Waals surface area contributed by atoms with Gasteiger partial charge in [-0.05, 0) is 55.5 Å². The van der Waals surface area contributed by atoms with Crippen LogP contribution in [0.5, 0.6) is 5.75 Å². The smallest absolute Gasteiger partial charge is 0.271 e. The minimum Gasteiger partial charge on any atom is -0.495 e. The number of hydrogen-bond donors (Lipinski definition) is 1. The highest BCUT2D eigenvalue weighted by Gasteiger charge is 2.32. The van der Waals surface area contributed by atoms with E-state index in [1.165, 1.54) is 35.2 Å². The Hall–Kier alpha value is -3.02. The lowest BCUT2D eigenvalue weighted by molar-refractivity contribution is -0.384. The first kappa shape index (κ1) is 24.1. The minimum absolute atomic E-state index is 0.158. The number of benzene rings is 2. The topological polar surface area (TPSA) is 122 Å². The van der Waals surface area contributed by atoms with Crippen molar-refractivity contribution in [2.24, 2.45) is 0 Å². The molecular formula is C23H28N4O6S. The van der Waals surface area contributed by atoms with E-state index >= 15 is 0 Å². The van der Waals surface area contributed by atoms with Gasteiger partial charge in [0.15, 0.2) is 0 Å². The van der Waals surface area contributed by atoms with Crippen molar-refractivity contribution in [1.29, 1.82) is 0 Å². The lowest BCUT2D eigenvalue weighted by Gasteiger charge is -2.36. The Bertz CT molecular complexity index is 1210. The van der Waals surface area contributed by atoms with Gasteiger partial charge in [-0.1, -0.05) is 6.07 Å². The molecule has 1 heterocycles. The Morgan fingerprint density at radius 2 is 1.79 bits per heavy atom. The van der Waals surface area contributed by atoms with Gasteiger partial charge in [-0.3, -0.25) is 19.8 Å². The van der Waals surface area contributed by atoms with Gasteiger partial charge in [0.2, 0.25) is 15.9 Å². The third-order valence-corrected chi connectivity index (χ3v) is 8.45. The standard InChI is InChI=1S/C23H28N4O6S/c1-16(23(28)24-21-15-19(27(29)30)7-9-22(21)33-2)25-10-12-26(13-11-25)34(31,32)20-8-6-17-4-3-5-18(17)14-20/h6-9,14-16H,3-5,10-13H2,1-2H3,(H,24,28)/t16-/m0/s1. The first-order valence-electron chi connectivity index (χ1n) is 11.2. The number of carbonyl (C=O) groups is 1. The number of sulfonamides is 1. The highest BCUT2D eigenvalue weighted by atomic mass is 32.2. The van der Waals surface area contributed by atoms with E-state index in [1.807, 2.05) is 11.0 Å². The number of aryl methyl sites for hydroxylation is 2. The minimum atomic E-state index is -3.60. The molecule has 34 heavy (non-hydrogen) atoms. The van der Waals surface area contributed by atoms with E-state index in [9.17, 15) is 23.3 Å². The molecule has 1 fully saturated rings. The molecule has 1 atom stereocenters. The molecule has 2 aromatic carbocycles. The molecule has 11 heteroatoms. The number of rotatable bonds is 7. The number of ether oxygens (including phenoxy) is 1. The molecule has 4 rings (SSSR count). The van der Waals surface area contributed by atoms with E-state index in [4.69, 9.17) is 4.74 Å². The van der Waals surface area contributed by atoms with Crippen LogP contribution in [0.15, 0.2) is 41.3 Å². The molecule has 0 bridgehead atoms. The van der Waals surface area contributed by atoms with Crippen LogP contribution in [-0.4, -0.2) is 67.8 Å². The summed E-state index contributed by atoms with van der Waals surface area (Å²) in [5.41, 5.74) is 2.39. The molecule has 2 aliphatic rings. The Labute approximate surface area is 198 Å². The van der Waals surface area contributed by atoms with Crippen molar-refractivity contribution in [2.75, 3.05) is 38.6 Å². The number of piperazine rings is 1. The van der Waals surface area contributed by atoms with Crippen LogP contribution in [0, 0.1) is 10.1 Å². The van der Waals surface area contributed by atoms with Gasteiger partial charge in [0, 0.05) is 38.3 Å². The summed E-state index contributed by atoms with van der Waals surface area (Å²) in [6, 6.07) is 8.83. The molecule has 10 nitrogen and oxygen atoms in total. The second-order valence-corrected chi connectivity index (χ2v) is 10.5. The van der Waals surface area contributed by atoms with Crippen LogP contribution >= 0.6 is 0 Å². The Morgan fingerprint density at radius 1 is 1.09 bits per heavy atom. The van der Waals surface area contributed by atoms with Crippen molar-refractivity contribution in [2.45, 2.75) is 37.1 Å². The summed E-state index contributed by atoms with van der Waals surface area (Å²) in [6.45, 7) is 3.06. The maximum absolute atomic E-state index is 13.2. The number of nitro benzene ring substituents is 1. The number of nitrogens with zero attached hydrogens (tertiary/aromatic N) is 3. The van der Waals surface area contributed by atoms with Crippen molar-refractivity contribution in [3.8, 4) is 5.75 Å². The number of hydrogen-bond acceptors (Lipinski definition) is 7. The van der Waals surface area contributed by atoms with Crippen LogP contribution in [0.3, 0.4) is 0 Å². The third-order valence-electron chi connectivity index (χ3n) is 6.56. The van der Waals surface area contributed by atoms with E-state index < -0.39 is 21.0 Å². The summed E-state index contributed by atoms with van der Waals surface area (Å²) < 4.78 is 33.0. The zero-order chi connectivity index (χ0) is 24.5. The van der Waals surface area contributed by atoms with Gasteiger partial charge in [0.25, 0.3) is 5.69 Å². The summed E-state index contributed by atoms with van der Waals surface area (Å²) >= 11 is 0. The predicted octanol–water partition coefficient (Wildman–Crippen LogP) is 2.43. The Balaban J connectivity index is 1.40. The van der Waals surface area contributed by atoms with Gasteiger partial charge in [0.1, 0.15) is 5.75 Å². The van der Waals surface area contributed by atoms with Gasteiger partial charge >= 0.3 is 0 Å². The van der Waals surface area contributed by atoms with E-state index in [-0.39, 0.29) is 30.4 Å². The molecule has 0 aromatic heterocycles. The van der Waals surface area contributed by atoms with Crippen LogP contribution in [0.4, 0.5) is 11.4 Å². The maximum Gasteiger partial charge on any atom is 0.271 e. The molecule has 1 amide bonds. The molecule has 182 valence electrons. The van der Waals surface area contributed by atoms with Crippen molar-refractivity contribution in [3.05, 3.63) is 57.6 Å². The second-order valence-electron chi connectivity index (χ2n) is 8.53. The van der Waals surface area contributed by atoms with Crippen molar-refractivity contribution >= 4 is 27.3 Å².